The summed E-state index contributed by atoms with van der Waals surface area (Å²) in [6.07, 6.45) is 1.44. The van der Waals surface area contributed by atoms with Crippen LogP contribution in [0.1, 0.15) is 21.7 Å². The first-order chi connectivity index (χ1) is 9.81. The molecule has 6 nitrogen and oxygen atoms in total. The summed E-state index contributed by atoms with van der Waals surface area (Å²) in [5, 5.41) is 9.11. The van der Waals surface area contributed by atoms with Gasteiger partial charge in [-0.3, -0.25) is 0 Å². The Morgan fingerprint density at radius 2 is 2.14 bits per heavy atom. The number of nitrogens with one attached hydrogen (secondary N) is 1. The van der Waals surface area contributed by atoms with E-state index < -0.39 is 16.0 Å². The van der Waals surface area contributed by atoms with Crippen molar-refractivity contribution in [1.82, 2.24) is 4.72 Å². The summed E-state index contributed by atoms with van der Waals surface area (Å²) in [6.45, 7) is 1.59. The predicted molar refractivity (Wildman–Crippen MR) is 78.6 cm³/mol. The highest BCUT2D eigenvalue weighted by molar-refractivity contribution is 9.10. The summed E-state index contributed by atoms with van der Waals surface area (Å²) in [4.78, 5) is 11.0. The van der Waals surface area contributed by atoms with Crippen molar-refractivity contribution in [3.63, 3.8) is 0 Å². The zero-order valence-electron chi connectivity index (χ0n) is 11.0. The summed E-state index contributed by atoms with van der Waals surface area (Å²) in [6, 6.07) is 5.78. The zero-order chi connectivity index (χ0) is 15.6. The smallest absolute Gasteiger partial charge is 0.336 e. The number of hydrogen-bond acceptors (Lipinski definition) is 4. The van der Waals surface area contributed by atoms with E-state index in [1.165, 1.54) is 12.3 Å². The van der Waals surface area contributed by atoms with E-state index in [1.54, 1.807) is 19.1 Å². The molecule has 0 spiro atoms. The van der Waals surface area contributed by atoms with Gasteiger partial charge in [0, 0.05) is 4.47 Å². The fourth-order valence-electron chi connectivity index (χ4n) is 1.69. The minimum Gasteiger partial charge on any atom is -0.478 e. The summed E-state index contributed by atoms with van der Waals surface area (Å²) in [5.74, 6) is -0.723. The Morgan fingerprint density at radius 1 is 1.43 bits per heavy atom. The van der Waals surface area contributed by atoms with Crippen LogP contribution in [-0.2, 0) is 16.6 Å². The van der Waals surface area contributed by atoms with Crippen molar-refractivity contribution in [1.29, 1.82) is 0 Å². The van der Waals surface area contributed by atoms with E-state index in [9.17, 15) is 13.2 Å². The maximum atomic E-state index is 12.2. The molecule has 8 heteroatoms. The maximum absolute atomic E-state index is 12.2. The van der Waals surface area contributed by atoms with Crippen molar-refractivity contribution in [2.75, 3.05) is 0 Å². The Bertz CT molecular complexity index is 768. The van der Waals surface area contributed by atoms with Gasteiger partial charge in [0.2, 0.25) is 10.0 Å². The number of rotatable bonds is 5. The average Bonchev–Trinajstić information content (AvgIpc) is 2.92. The van der Waals surface area contributed by atoms with Gasteiger partial charge in [0.05, 0.1) is 23.3 Å². The molecule has 0 bridgehead atoms. The van der Waals surface area contributed by atoms with Crippen LogP contribution in [0.5, 0.6) is 0 Å². The third-order valence-electron chi connectivity index (χ3n) is 2.88. The molecule has 0 unspecified atom stereocenters. The van der Waals surface area contributed by atoms with E-state index >= 15 is 0 Å². The number of aromatic carboxylic acids is 1. The van der Waals surface area contributed by atoms with Crippen molar-refractivity contribution in [3.05, 3.63) is 51.9 Å². The van der Waals surface area contributed by atoms with E-state index in [0.29, 0.717) is 15.8 Å². The van der Waals surface area contributed by atoms with Gasteiger partial charge in [-0.2, -0.15) is 0 Å². The highest BCUT2D eigenvalue weighted by Gasteiger charge is 2.20. The van der Waals surface area contributed by atoms with Crippen LogP contribution in [0.2, 0.25) is 0 Å². The molecule has 0 aliphatic carbocycles. The summed E-state index contributed by atoms with van der Waals surface area (Å²) >= 11 is 3.17. The fourth-order valence-corrected chi connectivity index (χ4v) is 3.35. The highest BCUT2D eigenvalue weighted by Crippen LogP contribution is 2.25. The molecule has 0 saturated carbocycles. The molecule has 0 atom stereocenters. The number of carboxylic acids is 1. The first-order valence-electron chi connectivity index (χ1n) is 5.87. The molecule has 112 valence electrons. The summed E-state index contributed by atoms with van der Waals surface area (Å²) in [5.41, 5.74) is 0.398. The topological polar surface area (TPSA) is 96.6 Å². The van der Waals surface area contributed by atoms with Crippen LogP contribution < -0.4 is 4.72 Å². The summed E-state index contributed by atoms with van der Waals surface area (Å²) in [7, 11) is -3.83. The third-order valence-corrected chi connectivity index (χ3v) is 5.08. The van der Waals surface area contributed by atoms with E-state index in [0.717, 1.165) is 6.07 Å². The van der Waals surface area contributed by atoms with Crippen molar-refractivity contribution in [3.8, 4) is 0 Å². The van der Waals surface area contributed by atoms with Crippen LogP contribution >= 0.6 is 15.9 Å². The molecule has 1 aromatic heterocycles. The minimum absolute atomic E-state index is 0.0107. The Balaban J connectivity index is 2.33. The summed E-state index contributed by atoms with van der Waals surface area (Å²) < 4.78 is 32.2. The van der Waals surface area contributed by atoms with E-state index in [1.807, 2.05) is 0 Å². The number of halogens is 1. The van der Waals surface area contributed by atoms with Crippen molar-refractivity contribution in [2.24, 2.45) is 0 Å². The van der Waals surface area contributed by atoms with Gasteiger partial charge in [-0.05, 0) is 36.8 Å². The van der Waals surface area contributed by atoms with Crippen LogP contribution in [0.3, 0.4) is 0 Å². The van der Waals surface area contributed by atoms with Crippen LogP contribution in [0, 0.1) is 6.92 Å². The molecule has 21 heavy (non-hydrogen) atoms. The van der Waals surface area contributed by atoms with Crippen LogP contribution in [0.4, 0.5) is 0 Å². The van der Waals surface area contributed by atoms with Gasteiger partial charge in [-0.15, -0.1) is 0 Å². The zero-order valence-corrected chi connectivity index (χ0v) is 13.4. The second-order valence-corrected chi connectivity index (χ2v) is 6.91. The second-order valence-electron chi connectivity index (χ2n) is 4.29. The third kappa shape index (κ3) is 3.52. The molecule has 2 N–H and O–H groups in total. The molecule has 0 radical (unpaired) electrons. The fraction of sp³-hybridized carbons (Fsp3) is 0.154. The van der Waals surface area contributed by atoms with Crippen molar-refractivity contribution < 1.29 is 22.7 Å². The number of carboxylic acid groups (broad SMARTS) is 1. The van der Waals surface area contributed by atoms with Gasteiger partial charge in [0.15, 0.2) is 0 Å². The highest BCUT2D eigenvalue weighted by atomic mass is 79.9. The monoisotopic (exact) mass is 373 g/mol. The molecule has 0 saturated heterocycles. The van der Waals surface area contributed by atoms with Crippen LogP contribution in [0.15, 0.2) is 44.3 Å². The normalized spacial score (nSPS) is 11.5. The standard InChI is InChI=1S/C13H12BrNO5S/c1-8-11(13(16)17)5-10(6-12(8)14)21(18,19)15-7-9-3-2-4-20-9/h2-6,15H,7H2,1H3,(H,16,17). The van der Waals surface area contributed by atoms with E-state index in [2.05, 4.69) is 20.7 Å². The molecular weight excluding hydrogens is 362 g/mol. The second kappa shape index (κ2) is 6.00. The average molecular weight is 374 g/mol. The number of furan rings is 1. The Hall–Kier alpha value is -1.64. The Labute approximate surface area is 130 Å². The minimum atomic E-state index is -3.83. The first-order valence-corrected chi connectivity index (χ1v) is 8.14. The van der Waals surface area contributed by atoms with Gasteiger partial charge in [-0.1, -0.05) is 15.9 Å². The number of benzene rings is 1. The SMILES string of the molecule is Cc1c(Br)cc(S(=O)(=O)NCc2ccco2)cc1C(=O)O. The van der Waals surface area contributed by atoms with Gasteiger partial charge in [0.1, 0.15) is 5.76 Å². The lowest BCUT2D eigenvalue weighted by atomic mass is 10.1. The molecule has 2 aromatic rings. The van der Waals surface area contributed by atoms with Crippen LogP contribution in [-0.4, -0.2) is 19.5 Å². The molecule has 0 fully saturated rings. The maximum Gasteiger partial charge on any atom is 0.336 e. The van der Waals surface area contributed by atoms with Crippen molar-refractivity contribution >= 4 is 31.9 Å². The van der Waals surface area contributed by atoms with E-state index in [-0.39, 0.29) is 17.0 Å². The molecular formula is C13H12BrNO5S. The molecule has 1 heterocycles. The molecule has 0 amide bonds. The lowest BCUT2D eigenvalue weighted by Crippen LogP contribution is -2.23. The first kappa shape index (κ1) is 15.7. The molecule has 0 aliphatic heterocycles. The van der Waals surface area contributed by atoms with Gasteiger partial charge in [0.25, 0.3) is 0 Å². The van der Waals surface area contributed by atoms with Gasteiger partial charge < -0.3 is 9.52 Å². The lowest BCUT2D eigenvalue weighted by Gasteiger charge is -2.10. The Kier molecular flexibility index (Phi) is 4.50. The largest absolute Gasteiger partial charge is 0.478 e. The number of carbonyl (C=O) groups is 1. The molecule has 1 aromatic carbocycles. The van der Waals surface area contributed by atoms with Gasteiger partial charge >= 0.3 is 5.97 Å². The quantitative estimate of drug-likeness (QED) is 0.839. The molecule has 2 rings (SSSR count). The Morgan fingerprint density at radius 3 is 2.71 bits per heavy atom. The lowest BCUT2D eigenvalue weighted by molar-refractivity contribution is 0.0695. The van der Waals surface area contributed by atoms with E-state index in [4.69, 9.17) is 9.52 Å². The number of hydrogen-bond donors (Lipinski definition) is 2. The van der Waals surface area contributed by atoms with Crippen molar-refractivity contribution in [2.45, 2.75) is 18.4 Å². The number of sulfonamides is 1. The predicted octanol–water partition coefficient (Wildman–Crippen LogP) is 2.53. The van der Waals surface area contributed by atoms with Gasteiger partial charge in [-0.25, -0.2) is 17.9 Å². The van der Waals surface area contributed by atoms with Crippen LogP contribution in [0.25, 0.3) is 0 Å². The molecule has 0 aliphatic rings.